The summed E-state index contributed by atoms with van der Waals surface area (Å²) in [6.45, 7) is 2.09. The number of hydrogen-bond acceptors (Lipinski definition) is 2. The molecule has 1 unspecified atom stereocenters. The van der Waals surface area contributed by atoms with Crippen molar-refractivity contribution >= 4 is 34.2 Å². The zero-order valence-corrected chi connectivity index (χ0v) is 14.2. The molecule has 1 heterocycles. The van der Waals surface area contributed by atoms with Crippen molar-refractivity contribution in [3.05, 3.63) is 34.3 Å². The third-order valence-electron chi connectivity index (χ3n) is 3.73. The molecule has 1 atom stereocenters. The molecule has 1 saturated heterocycles. The van der Waals surface area contributed by atoms with Crippen molar-refractivity contribution in [1.82, 2.24) is 10.2 Å². The topological polar surface area (TPSA) is 32.3 Å². The maximum Gasteiger partial charge on any atom is 0.226 e. The Labute approximate surface area is 135 Å². The highest BCUT2D eigenvalue weighted by molar-refractivity contribution is 9.10. The van der Waals surface area contributed by atoms with Crippen LogP contribution in [0.25, 0.3) is 0 Å². The molecule has 1 aliphatic heterocycles. The van der Waals surface area contributed by atoms with Gasteiger partial charge in [0, 0.05) is 17.6 Å². The fourth-order valence-corrected chi connectivity index (χ4v) is 2.98. The second-order valence-electron chi connectivity index (χ2n) is 5.15. The lowest BCUT2D eigenvalue weighted by Crippen LogP contribution is -2.38. The van der Waals surface area contributed by atoms with E-state index in [9.17, 15) is 4.79 Å². The van der Waals surface area contributed by atoms with E-state index in [4.69, 9.17) is 0 Å². The first-order valence-corrected chi connectivity index (χ1v) is 7.67. The van der Waals surface area contributed by atoms with Crippen molar-refractivity contribution in [2.24, 2.45) is 0 Å². The number of nitrogens with zero attached hydrogens (tertiary/aromatic N) is 1. The van der Waals surface area contributed by atoms with Crippen molar-refractivity contribution in [2.45, 2.75) is 31.7 Å². The van der Waals surface area contributed by atoms with E-state index in [0.29, 0.717) is 12.5 Å². The monoisotopic (exact) mass is 360 g/mol. The lowest BCUT2D eigenvalue weighted by Gasteiger charge is -2.27. The van der Waals surface area contributed by atoms with Crippen LogP contribution in [0.5, 0.6) is 0 Å². The molecule has 3 nitrogen and oxygen atoms in total. The summed E-state index contributed by atoms with van der Waals surface area (Å²) < 4.78 is 1.03. The lowest BCUT2D eigenvalue weighted by atomic mass is 10.1. The maximum atomic E-state index is 12.3. The third-order valence-corrected chi connectivity index (χ3v) is 4.22. The van der Waals surface area contributed by atoms with Crippen molar-refractivity contribution in [3.63, 3.8) is 0 Å². The molecule has 5 heteroatoms. The summed E-state index contributed by atoms with van der Waals surface area (Å²) >= 11 is 3.44. The number of hydrogen-bond donors (Lipinski definition) is 1. The molecule has 0 radical (unpaired) electrons. The van der Waals surface area contributed by atoms with E-state index in [2.05, 4.69) is 21.2 Å². The molecular formula is C15H22BrClN2O. The Bertz CT molecular complexity index is 434. The van der Waals surface area contributed by atoms with Gasteiger partial charge in [-0.15, -0.1) is 12.4 Å². The van der Waals surface area contributed by atoms with Crippen LogP contribution in [0.2, 0.25) is 0 Å². The second kappa shape index (κ2) is 8.65. The van der Waals surface area contributed by atoms with Crippen LogP contribution in [-0.4, -0.2) is 37.0 Å². The van der Waals surface area contributed by atoms with Crippen LogP contribution in [-0.2, 0) is 11.2 Å². The first-order chi connectivity index (χ1) is 9.16. The van der Waals surface area contributed by atoms with Gasteiger partial charge < -0.3 is 10.2 Å². The average molecular weight is 362 g/mol. The highest BCUT2D eigenvalue weighted by Crippen LogP contribution is 2.16. The van der Waals surface area contributed by atoms with E-state index in [1.165, 1.54) is 0 Å². The van der Waals surface area contributed by atoms with Crippen molar-refractivity contribution in [1.29, 1.82) is 0 Å². The van der Waals surface area contributed by atoms with E-state index < -0.39 is 0 Å². The van der Waals surface area contributed by atoms with Gasteiger partial charge >= 0.3 is 0 Å². The van der Waals surface area contributed by atoms with Crippen LogP contribution >= 0.6 is 28.3 Å². The predicted molar refractivity (Wildman–Crippen MR) is 88.4 cm³/mol. The Morgan fingerprint density at radius 1 is 1.40 bits per heavy atom. The number of amides is 1. The fraction of sp³-hybridized carbons (Fsp3) is 0.533. The van der Waals surface area contributed by atoms with Gasteiger partial charge in [0.05, 0.1) is 6.42 Å². The van der Waals surface area contributed by atoms with Gasteiger partial charge in [-0.3, -0.25) is 4.79 Å². The van der Waals surface area contributed by atoms with E-state index in [-0.39, 0.29) is 18.3 Å². The molecule has 0 spiro atoms. The maximum absolute atomic E-state index is 12.3. The number of carbonyl (C=O) groups excluding carboxylic acids is 1. The molecule has 20 heavy (non-hydrogen) atoms. The van der Waals surface area contributed by atoms with E-state index in [1.807, 2.05) is 36.2 Å². The Morgan fingerprint density at radius 3 is 2.95 bits per heavy atom. The van der Waals surface area contributed by atoms with Crippen LogP contribution in [0.15, 0.2) is 28.7 Å². The molecule has 1 aliphatic rings. The number of carbonyl (C=O) groups is 1. The molecule has 0 aliphatic carbocycles. The third kappa shape index (κ3) is 5.08. The molecule has 1 N–H and O–H groups in total. The minimum absolute atomic E-state index is 0. The van der Waals surface area contributed by atoms with Crippen molar-refractivity contribution in [2.75, 3.05) is 20.1 Å². The Morgan fingerprint density at radius 2 is 2.20 bits per heavy atom. The minimum atomic E-state index is 0. The van der Waals surface area contributed by atoms with Crippen LogP contribution in [0.4, 0.5) is 0 Å². The molecular weight excluding hydrogens is 340 g/mol. The highest BCUT2D eigenvalue weighted by Gasteiger charge is 2.20. The number of halogens is 2. The van der Waals surface area contributed by atoms with E-state index >= 15 is 0 Å². The largest absolute Gasteiger partial charge is 0.342 e. The van der Waals surface area contributed by atoms with Gasteiger partial charge in [-0.1, -0.05) is 28.1 Å². The Kier molecular flexibility index (Phi) is 7.56. The first-order valence-electron chi connectivity index (χ1n) is 6.87. The summed E-state index contributed by atoms with van der Waals surface area (Å²) in [6.07, 6.45) is 3.80. The SMILES string of the molecule is CN(C(=O)Cc1cccc(Br)c1)C1CCCNCC1.Cl. The summed E-state index contributed by atoms with van der Waals surface area (Å²) in [4.78, 5) is 14.3. The van der Waals surface area contributed by atoms with Crippen LogP contribution < -0.4 is 5.32 Å². The summed E-state index contributed by atoms with van der Waals surface area (Å²) in [7, 11) is 1.94. The molecule has 0 aromatic heterocycles. The van der Waals surface area contributed by atoms with Gasteiger partial charge in [0.2, 0.25) is 5.91 Å². The smallest absolute Gasteiger partial charge is 0.226 e. The van der Waals surface area contributed by atoms with Crippen LogP contribution in [0.1, 0.15) is 24.8 Å². The minimum Gasteiger partial charge on any atom is -0.342 e. The molecule has 1 aromatic carbocycles. The number of nitrogens with one attached hydrogen (secondary N) is 1. The summed E-state index contributed by atoms with van der Waals surface area (Å²) in [6, 6.07) is 8.36. The normalized spacial score (nSPS) is 18.8. The zero-order valence-electron chi connectivity index (χ0n) is 11.8. The van der Waals surface area contributed by atoms with Gasteiger partial charge in [0.15, 0.2) is 0 Å². The van der Waals surface area contributed by atoms with Gasteiger partial charge in [-0.25, -0.2) is 0 Å². The Hall–Kier alpha value is -0.580. The van der Waals surface area contributed by atoms with Gasteiger partial charge in [-0.05, 0) is 50.0 Å². The van der Waals surface area contributed by atoms with E-state index in [0.717, 1.165) is 42.4 Å². The second-order valence-corrected chi connectivity index (χ2v) is 6.06. The van der Waals surface area contributed by atoms with Gasteiger partial charge in [0.25, 0.3) is 0 Å². The quantitative estimate of drug-likeness (QED) is 0.897. The standard InChI is InChI=1S/C15H21BrN2O.ClH/c1-18(14-6-3-8-17-9-7-14)15(19)11-12-4-2-5-13(16)10-12;/h2,4-5,10,14,17H,3,6-9,11H2,1H3;1H. The summed E-state index contributed by atoms with van der Waals surface area (Å²) in [5, 5.41) is 3.38. The molecule has 2 rings (SSSR count). The van der Waals surface area contributed by atoms with E-state index in [1.54, 1.807) is 0 Å². The Balaban J connectivity index is 0.00000200. The average Bonchev–Trinajstić information content (AvgIpc) is 2.66. The van der Waals surface area contributed by atoms with Crippen LogP contribution in [0, 0.1) is 0 Å². The molecule has 112 valence electrons. The van der Waals surface area contributed by atoms with Crippen LogP contribution in [0.3, 0.4) is 0 Å². The predicted octanol–water partition coefficient (Wildman–Crippen LogP) is 3.01. The fourth-order valence-electron chi connectivity index (χ4n) is 2.54. The zero-order chi connectivity index (χ0) is 13.7. The van der Waals surface area contributed by atoms with Crippen molar-refractivity contribution in [3.8, 4) is 0 Å². The number of benzene rings is 1. The molecule has 1 fully saturated rings. The summed E-state index contributed by atoms with van der Waals surface area (Å²) in [5.41, 5.74) is 1.07. The lowest BCUT2D eigenvalue weighted by molar-refractivity contribution is -0.131. The molecule has 0 saturated carbocycles. The number of rotatable bonds is 3. The van der Waals surface area contributed by atoms with Crippen molar-refractivity contribution < 1.29 is 4.79 Å². The number of likely N-dealkylation sites (N-methyl/N-ethyl adjacent to an activating group) is 1. The summed E-state index contributed by atoms with van der Waals surface area (Å²) in [5.74, 6) is 0.213. The molecule has 1 amide bonds. The van der Waals surface area contributed by atoms with Gasteiger partial charge in [-0.2, -0.15) is 0 Å². The van der Waals surface area contributed by atoms with Gasteiger partial charge in [0.1, 0.15) is 0 Å². The molecule has 0 bridgehead atoms. The first kappa shape index (κ1) is 17.5. The highest BCUT2D eigenvalue weighted by atomic mass is 79.9. The molecule has 1 aromatic rings.